The largest absolute Gasteiger partial charge is 0.481 e. The van der Waals surface area contributed by atoms with Crippen LogP contribution in [0.3, 0.4) is 0 Å². The number of nitrogens with one attached hydrogen (secondary N) is 4. The van der Waals surface area contributed by atoms with E-state index < -0.39 is 60.2 Å². The van der Waals surface area contributed by atoms with Crippen molar-refractivity contribution in [3.63, 3.8) is 0 Å². The molecule has 1 aromatic heterocycles. The van der Waals surface area contributed by atoms with Crippen LogP contribution in [0.15, 0.2) is 12.5 Å². The molecule has 0 aromatic carbocycles. The van der Waals surface area contributed by atoms with Crippen molar-refractivity contribution in [2.24, 2.45) is 11.5 Å². The fourth-order valence-electron chi connectivity index (χ4n) is 3.17. The maximum absolute atomic E-state index is 12.9. The van der Waals surface area contributed by atoms with Crippen LogP contribution in [0.1, 0.15) is 37.8 Å². The summed E-state index contributed by atoms with van der Waals surface area (Å²) in [7, 11) is 0. The first-order valence-corrected chi connectivity index (χ1v) is 12.8. The van der Waals surface area contributed by atoms with E-state index in [1.54, 1.807) is 6.26 Å². The highest BCUT2D eigenvalue weighted by molar-refractivity contribution is 7.98. The van der Waals surface area contributed by atoms with Crippen LogP contribution in [0.2, 0.25) is 0 Å². The number of aromatic nitrogens is 2. The Labute approximate surface area is 212 Å². The van der Waals surface area contributed by atoms with E-state index in [9.17, 15) is 34.2 Å². The molecule has 0 aliphatic carbocycles. The van der Waals surface area contributed by atoms with Gasteiger partial charge >= 0.3 is 11.9 Å². The Bertz CT molecular complexity index is 869. The number of carbonyl (C=O) groups is 5. The predicted molar refractivity (Wildman–Crippen MR) is 132 cm³/mol. The van der Waals surface area contributed by atoms with E-state index in [1.807, 2.05) is 0 Å². The molecule has 10 N–H and O–H groups in total. The molecule has 1 rings (SSSR count). The van der Waals surface area contributed by atoms with Crippen molar-refractivity contribution < 1.29 is 34.2 Å². The molecule has 1 heterocycles. The van der Waals surface area contributed by atoms with Crippen LogP contribution in [0.5, 0.6) is 0 Å². The van der Waals surface area contributed by atoms with Crippen LogP contribution < -0.4 is 27.4 Å². The second kappa shape index (κ2) is 16.5. The molecule has 0 saturated carbocycles. The topological polar surface area (TPSA) is 243 Å². The Balaban J connectivity index is 2.92. The molecular formula is C21H35N7O7S. The molecule has 36 heavy (non-hydrogen) atoms. The summed E-state index contributed by atoms with van der Waals surface area (Å²) < 4.78 is 0. The van der Waals surface area contributed by atoms with Crippen LogP contribution in [0.4, 0.5) is 0 Å². The van der Waals surface area contributed by atoms with E-state index in [1.165, 1.54) is 24.3 Å². The van der Waals surface area contributed by atoms with Gasteiger partial charge in [0.05, 0.1) is 18.8 Å². The molecule has 14 nitrogen and oxygen atoms in total. The number of thioether (sulfide) groups is 1. The lowest BCUT2D eigenvalue weighted by molar-refractivity contribution is -0.143. The zero-order valence-electron chi connectivity index (χ0n) is 20.1. The van der Waals surface area contributed by atoms with Gasteiger partial charge in [-0.1, -0.05) is 6.42 Å². The Morgan fingerprint density at radius 2 is 1.64 bits per heavy atom. The summed E-state index contributed by atoms with van der Waals surface area (Å²) in [5, 5.41) is 25.9. The van der Waals surface area contributed by atoms with Gasteiger partial charge < -0.3 is 42.6 Å². The molecule has 202 valence electrons. The predicted octanol–water partition coefficient (Wildman–Crippen LogP) is -1.82. The number of nitrogens with two attached hydrogens (primary N) is 2. The van der Waals surface area contributed by atoms with E-state index in [2.05, 4.69) is 25.9 Å². The van der Waals surface area contributed by atoms with Crippen molar-refractivity contribution >= 4 is 41.4 Å². The number of imidazole rings is 1. The van der Waals surface area contributed by atoms with Gasteiger partial charge in [0.1, 0.15) is 18.1 Å². The van der Waals surface area contributed by atoms with E-state index in [0.29, 0.717) is 37.3 Å². The molecule has 0 saturated heterocycles. The lowest BCUT2D eigenvalue weighted by Gasteiger charge is -2.24. The number of amides is 3. The van der Waals surface area contributed by atoms with E-state index in [0.717, 1.165) is 0 Å². The number of nitrogens with zero attached hydrogens (tertiary/aromatic N) is 1. The van der Waals surface area contributed by atoms with Gasteiger partial charge in [0.15, 0.2) is 0 Å². The molecular weight excluding hydrogens is 494 g/mol. The third-order valence-corrected chi connectivity index (χ3v) is 5.80. The van der Waals surface area contributed by atoms with Crippen LogP contribution >= 0.6 is 11.8 Å². The molecule has 1 aromatic rings. The number of H-pyrrole nitrogens is 1. The molecule has 0 aliphatic rings. The van der Waals surface area contributed by atoms with Gasteiger partial charge in [-0.25, -0.2) is 9.78 Å². The van der Waals surface area contributed by atoms with Crippen LogP contribution in [-0.4, -0.2) is 92.6 Å². The average molecular weight is 530 g/mol. The number of carboxylic acid groups (broad SMARTS) is 2. The maximum Gasteiger partial charge on any atom is 0.326 e. The molecule has 0 bridgehead atoms. The monoisotopic (exact) mass is 529 g/mol. The third kappa shape index (κ3) is 11.5. The quantitative estimate of drug-likeness (QED) is 0.0983. The van der Waals surface area contributed by atoms with Crippen LogP contribution in [0.25, 0.3) is 0 Å². The van der Waals surface area contributed by atoms with Crippen molar-refractivity contribution in [3.05, 3.63) is 18.2 Å². The van der Waals surface area contributed by atoms with Gasteiger partial charge in [-0.2, -0.15) is 11.8 Å². The van der Waals surface area contributed by atoms with Gasteiger partial charge in [0, 0.05) is 18.3 Å². The highest BCUT2D eigenvalue weighted by Crippen LogP contribution is 2.06. The first-order valence-electron chi connectivity index (χ1n) is 11.4. The molecule has 4 unspecified atom stereocenters. The third-order valence-electron chi connectivity index (χ3n) is 5.15. The highest BCUT2D eigenvalue weighted by Gasteiger charge is 2.31. The number of aromatic amines is 1. The van der Waals surface area contributed by atoms with Crippen molar-refractivity contribution in [1.82, 2.24) is 25.9 Å². The molecule has 4 atom stereocenters. The average Bonchev–Trinajstić information content (AvgIpc) is 3.33. The van der Waals surface area contributed by atoms with E-state index in [4.69, 9.17) is 11.5 Å². The zero-order chi connectivity index (χ0) is 27.1. The second-order valence-electron chi connectivity index (χ2n) is 8.07. The molecule has 0 radical (unpaired) electrons. The lowest BCUT2D eigenvalue weighted by atomic mass is 10.1. The summed E-state index contributed by atoms with van der Waals surface area (Å²) in [5.41, 5.74) is 11.7. The minimum Gasteiger partial charge on any atom is -0.481 e. The van der Waals surface area contributed by atoms with Crippen molar-refractivity contribution in [2.45, 2.75) is 62.7 Å². The summed E-state index contributed by atoms with van der Waals surface area (Å²) in [5.74, 6) is -4.55. The first kappa shape index (κ1) is 30.9. The number of aliphatic carboxylic acids is 2. The fourth-order valence-corrected chi connectivity index (χ4v) is 3.64. The normalized spacial score (nSPS) is 14.2. The van der Waals surface area contributed by atoms with Gasteiger partial charge in [-0.3, -0.25) is 19.2 Å². The molecule has 0 fully saturated rings. The van der Waals surface area contributed by atoms with Gasteiger partial charge in [-0.15, -0.1) is 0 Å². The van der Waals surface area contributed by atoms with E-state index in [-0.39, 0.29) is 12.8 Å². The highest BCUT2D eigenvalue weighted by atomic mass is 32.2. The summed E-state index contributed by atoms with van der Waals surface area (Å²) in [6.45, 7) is 0.433. The number of rotatable bonds is 18. The number of carboxylic acids is 2. The number of carbonyl (C=O) groups excluding carboxylic acids is 3. The number of hydrogen-bond acceptors (Lipinski definition) is 9. The number of hydrogen-bond donors (Lipinski definition) is 8. The van der Waals surface area contributed by atoms with Crippen LogP contribution in [-0.2, 0) is 30.4 Å². The standard InChI is InChI=1S/C21H35N7O7S/c1-36-7-5-14(19(32)28-16(21(34)35)8-12-10-24-11-25-12)26-20(33)15(9-17(29)30)27-18(31)13(23)4-2-3-6-22/h10-11,13-16H,2-9,22-23H2,1H3,(H,24,25)(H,26,33)(H,27,31)(H,28,32)(H,29,30)(H,34,35). The Hall–Kier alpha value is -3.17. The Kier molecular flexibility index (Phi) is 14.1. The minimum atomic E-state index is -1.49. The minimum absolute atomic E-state index is 0.0655. The summed E-state index contributed by atoms with van der Waals surface area (Å²) in [4.78, 5) is 67.7. The van der Waals surface area contributed by atoms with Crippen molar-refractivity contribution in [1.29, 1.82) is 0 Å². The lowest BCUT2D eigenvalue weighted by Crippen LogP contribution is -2.57. The smallest absolute Gasteiger partial charge is 0.326 e. The van der Waals surface area contributed by atoms with Gasteiger partial charge in [0.25, 0.3) is 0 Å². The molecule has 0 aliphatic heterocycles. The number of unbranched alkanes of at least 4 members (excludes halogenated alkanes) is 1. The molecule has 0 spiro atoms. The fraction of sp³-hybridized carbons (Fsp3) is 0.619. The molecule has 15 heteroatoms. The Morgan fingerprint density at radius 1 is 1.00 bits per heavy atom. The first-order chi connectivity index (χ1) is 17.1. The van der Waals surface area contributed by atoms with Gasteiger partial charge in [0.2, 0.25) is 17.7 Å². The zero-order valence-corrected chi connectivity index (χ0v) is 20.9. The SMILES string of the molecule is CSCCC(NC(=O)C(CC(=O)O)NC(=O)C(N)CCCCN)C(=O)NC(Cc1cnc[nH]1)C(=O)O. The van der Waals surface area contributed by atoms with Gasteiger partial charge in [-0.05, 0) is 37.8 Å². The summed E-state index contributed by atoms with van der Waals surface area (Å²) >= 11 is 1.40. The van der Waals surface area contributed by atoms with Crippen molar-refractivity contribution in [2.75, 3.05) is 18.6 Å². The summed E-state index contributed by atoms with van der Waals surface area (Å²) in [6.07, 6.45) is 5.47. The van der Waals surface area contributed by atoms with Crippen molar-refractivity contribution in [3.8, 4) is 0 Å². The van der Waals surface area contributed by atoms with E-state index >= 15 is 0 Å². The summed E-state index contributed by atoms with van der Waals surface area (Å²) in [6, 6.07) is -4.91. The second-order valence-corrected chi connectivity index (χ2v) is 9.06. The van der Waals surface area contributed by atoms with Crippen LogP contribution in [0, 0.1) is 0 Å². The Morgan fingerprint density at radius 3 is 2.19 bits per heavy atom. The maximum atomic E-state index is 12.9. The molecule has 3 amide bonds.